The van der Waals surface area contributed by atoms with Crippen LogP contribution in [0.5, 0.6) is 0 Å². The molecule has 0 aliphatic heterocycles. The van der Waals surface area contributed by atoms with Crippen LogP contribution in [0.25, 0.3) is 0 Å². The van der Waals surface area contributed by atoms with Crippen molar-refractivity contribution in [3.8, 4) is 0 Å². The summed E-state index contributed by atoms with van der Waals surface area (Å²) in [5, 5.41) is 3.32. The van der Waals surface area contributed by atoms with E-state index in [0.717, 1.165) is 5.56 Å². The standard InChI is InChI=1S/C13H17ClN2O/c1-8-2-5-10(11(14)6-8)13(17)16-7-12(15)9-3-4-9/h2,5-6,9,12H,3-4,7,15H2,1H3,(H,16,17). The minimum atomic E-state index is -0.147. The summed E-state index contributed by atoms with van der Waals surface area (Å²) in [6.45, 7) is 2.46. The first-order valence-electron chi connectivity index (χ1n) is 5.88. The van der Waals surface area contributed by atoms with E-state index in [9.17, 15) is 4.79 Å². The molecule has 1 atom stereocenters. The highest BCUT2D eigenvalue weighted by molar-refractivity contribution is 6.33. The fourth-order valence-corrected chi connectivity index (χ4v) is 2.12. The van der Waals surface area contributed by atoms with Gasteiger partial charge >= 0.3 is 0 Å². The Hall–Kier alpha value is -1.06. The van der Waals surface area contributed by atoms with Crippen molar-refractivity contribution in [1.29, 1.82) is 0 Å². The summed E-state index contributed by atoms with van der Waals surface area (Å²) >= 11 is 6.02. The Labute approximate surface area is 106 Å². The zero-order valence-electron chi connectivity index (χ0n) is 9.87. The van der Waals surface area contributed by atoms with Crippen molar-refractivity contribution >= 4 is 17.5 Å². The Morgan fingerprint density at radius 1 is 1.59 bits per heavy atom. The molecule has 0 aromatic heterocycles. The van der Waals surface area contributed by atoms with Crippen LogP contribution in [0.15, 0.2) is 18.2 Å². The lowest BCUT2D eigenvalue weighted by Crippen LogP contribution is -2.38. The second kappa shape index (κ2) is 5.07. The second-order valence-corrected chi connectivity index (χ2v) is 5.10. The molecule has 1 aliphatic carbocycles. The van der Waals surface area contributed by atoms with E-state index in [1.54, 1.807) is 12.1 Å². The van der Waals surface area contributed by atoms with Crippen LogP contribution < -0.4 is 11.1 Å². The number of hydrogen-bond donors (Lipinski definition) is 2. The van der Waals surface area contributed by atoms with Gasteiger partial charge in [-0.2, -0.15) is 0 Å². The maximum Gasteiger partial charge on any atom is 0.252 e. The van der Waals surface area contributed by atoms with Gasteiger partial charge in [-0.25, -0.2) is 0 Å². The largest absolute Gasteiger partial charge is 0.350 e. The van der Waals surface area contributed by atoms with Crippen LogP contribution in [-0.2, 0) is 0 Å². The van der Waals surface area contributed by atoms with Crippen molar-refractivity contribution in [2.75, 3.05) is 6.54 Å². The minimum absolute atomic E-state index is 0.0724. The molecule has 0 spiro atoms. The van der Waals surface area contributed by atoms with Gasteiger partial charge in [-0.3, -0.25) is 4.79 Å². The van der Waals surface area contributed by atoms with Gasteiger partial charge in [0, 0.05) is 12.6 Å². The molecule has 1 aliphatic rings. The zero-order chi connectivity index (χ0) is 12.4. The van der Waals surface area contributed by atoms with Crippen LogP contribution in [-0.4, -0.2) is 18.5 Å². The number of carbonyl (C=O) groups is 1. The number of amides is 1. The summed E-state index contributed by atoms with van der Waals surface area (Å²) in [6.07, 6.45) is 2.37. The van der Waals surface area contributed by atoms with Gasteiger partial charge in [0.25, 0.3) is 5.91 Å². The molecule has 3 nitrogen and oxygen atoms in total. The monoisotopic (exact) mass is 252 g/mol. The average molecular weight is 253 g/mol. The van der Waals surface area contributed by atoms with Crippen LogP contribution in [0.4, 0.5) is 0 Å². The predicted octanol–water partition coefficient (Wildman–Crippen LogP) is 2.12. The van der Waals surface area contributed by atoms with Crippen LogP contribution >= 0.6 is 11.6 Å². The van der Waals surface area contributed by atoms with Crippen LogP contribution in [0, 0.1) is 12.8 Å². The highest BCUT2D eigenvalue weighted by Crippen LogP contribution is 2.31. The molecule has 0 radical (unpaired) electrons. The van der Waals surface area contributed by atoms with E-state index >= 15 is 0 Å². The van der Waals surface area contributed by atoms with Crippen molar-refractivity contribution < 1.29 is 4.79 Å². The lowest BCUT2D eigenvalue weighted by atomic mass is 10.1. The van der Waals surface area contributed by atoms with Crippen molar-refractivity contribution in [1.82, 2.24) is 5.32 Å². The van der Waals surface area contributed by atoms with E-state index in [2.05, 4.69) is 5.32 Å². The third-order valence-corrected chi connectivity index (χ3v) is 3.41. The molecule has 1 saturated carbocycles. The summed E-state index contributed by atoms with van der Waals surface area (Å²) < 4.78 is 0. The molecule has 17 heavy (non-hydrogen) atoms. The molecule has 0 bridgehead atoms. The molecular formula is C13H17ClN2O. The number of benzene rings is 1. The lowest BCUT2D eigenvalue weighted by molar-refractivity contribution is 0.0950. The summed E-state index contributed by atoms with van der Waals surface area (Å²) in [5.74, 6) is 0.440. The average Bonchev–Trinajstić information content (AvgIpc) is 3.09. The van der Waals surface area contributed by atoms with Gasteiger partial charge in [-0.15, -0.1) is 0 Å². The number of aryl methyl sites for hydroxylation is 1. The summed E-state index contributed by atoms with van der Waals surface area (Å²) in [6, 6.07) is 5.48. The van der Waals surface area contributed by atoms with Gasteiger partial charge in [0.15, 0.2) is 0 Å². The molecule has 1 aromatic carbocycles. The first-order chi connectivity index (χ1) is 8.08. The zero-order valence-corrected chi connectivity index (χ0v) is 10.6. The molecule has 2 rings (SSSR count). The number of hydrogen-bond acceptors (Lipinski definition) is 2. The molecule has 1 amide bonds. The Bertz CT molecular complexity index is 429. The highest BCUT2D eigenvalue weighted by Gasteiger charge is 2.28. The summed E-state index contributed by atoms with van der Waals surface area (Å²) in [5.41, 5.74) is 7.48. The van der Waals surface area contributed by atoms with Gasteiger partial charge in [-0.05, 0) is 43.4 Å². The Morgan fingerprint density at radius 2 is 2.29 bits per heavy atom. The number of nitrogens with one attached hydrogen (secondary N) is 1. The second-order valence-electron chi connectivity index (χ2n) is 4.69. The van der Waals surface area contributed by atoms with E-state index in [-0.39, 0.29) is 11.9 Å². The quantitative estimate of drug-likeness (QED) is 0.863. The number of halogens is 1. The van der Waals surface area contributed by atoms with Gasteiger partial charge in [0.05, 0.1) is 10.6 Å². The molecule has 92 valence electrons. The van der Waals surface area contributed by atoms with Crippen LogP contribution in [0.3, 0.4) is 0 Å². The van der Waals surface area contributed by atoms with Crippen molar-refractivity contribution in [3.63, 3.8) is 0 Å². The topological polar surface area (TPSA) is 55.1 Å². The fraction of sp³-hybridized carbons (Fsp3) is 0.462. The van der Waals surface area contributed by atoms with Gasteiger partial charge in [-0.1, -0.05) is 17.7 Å². The van der Waals surface area contributed by atoms with Crippen LogP contribution in [0.1, 0.15) is 28.8 Å². The highest BCUT2D eigenvalue weighted by atomic mass is 35.5. The van der Waals surface area contributed by atoms with E-state index in [1.807, 2.05) is 13.0 Å². The minimum Gasteiger partial charge on any atom is -0.350 e. The molecule has 0 heterocycles. The first-order valence-corrected chi connectivity index (χ1v) is 6.25. The Balaban J connectivity index is 1.94. The smallest absolute Gasteiger partial charge is 0.252 e. The molecule has 3 N–H and O–H groups in total. The number of rotatable bonds is 4. The third kappa shape index (κ3) is 3.20. The van der Waals surface area contributed by atoms with E-state index < -0.39 is 0 Å². The third-order valence-electron chi connectivity index (χ3n) is 3.10. The molecule has 1 aromatic rings. The van der Waals surface area contributed by atoms with Crippen molar-refractivity contribution in [3.05, 3.63) is 34.3 Å². The predicted molar refractivity (Wildman–Crippen MR) is 69.2 cm³/mol. The van der Waals surface area contributed by atoms with Crippen LogP contribution in [0.2, 0.25) is 5.02 Å². The molecule has 4 heteroatoms. The van der Waals surface area contributed by atoms with E-state index in [4.69, 9.17) is 17.3 Å². The Kier molecular flexibility index (Phi) is 3.69. The maximum atomic E-state index is 11.9. The Morgan fingerprint density at radius 3 is 2.88 bits per heavy atom. The molecule has 1 unspecified atom stereocenters. The van der Waals surface area contributed by atoms with E-state index in [1.165, 1.54) is 12.8 Å². The molecule has 1 fully saturated rings. The van der Waals surface area contributed by atoms with Crippen molar-refractivity contribution in [2.45, 2.75) is 25.8 Å². The number of carbonyl (C=O) groups excluding carboxylic acids is 1. The van der Waals surface area contributed by atoms with Gasteiger partial charge < -0.3 is 11.1 Å². The van der Waals surface area contributed by atoms with E-state index in [0.29, 0.717) is 23.0 Å². The van der Waals surface area contributed by atoms with Gasteiger partial charge in [0.1, 0.15) is 0 Å². The fourth-order valence-electron chi connectivity index (χ4n) is 1.80. The lowest BCUT2D eigenvalue weighted by Gasteiger charge is -2.12. The van der Waals surface area contributed by atoms with Gasteiger partial charge in [0.2, 0.25) is 0 Å². The SMILES string of the molecule is Cc1ccc(C(=O)NCC(N)C2CC2)c(Cl)c1. The van der Waals surface area contributed by atoms with Crippen molar-refractivity contribution in [2.24, 2.45) is 11.7 Å². The molecular weight excluding hydrogens is 236 g/mol. The maximum absolute atomic E-state index is 11.9. The molecule has 0 saturated heterocycles. The normalized spacial score (nSPS) is 16.6. The number of nitrogens with two attached hydrogens (primary N) is 1. The summed E-state index contributed by atoms with van der Waals surface area (Å²) in [7, 11) is 0. The first kappa shape index (κ1) is 12.4. The summed E-state index contributed by atoms with van der Waals surface area (Å²) in [4.78, 5) is 11.9.